The number of fused-ring (bicyclic) bond motifs is 2. The van der Waals surface area contributed by atoms with E-state index in [1.165, 1.54) is 34.5 Å². The molecule has 4 atom stereocenters. The standard InChI is InChI=1S/C26H24N4O6/c1-24-21(15-8-6-7-9-17(15)31-2)26(14-29,23(30)36-24)25(12-27,13-28)22(35-24)16-10-19(33-4)20(34-5)11-18(16)32-3/h6-11,21-22,30H,1-5H3. The third-order valence-corrected chi connectivity index (χ3v) is 6.98. The molecule has 184 valence electrons. The summed E-state index contributed by atoms with van der Waals surface area (Å²) in [5.74, 6) is -1.88. The molecule has 0 saturated carbocycles. The first kappa shape index (κ1) is 24.7. The molecule has 2 heterocycles. The molecule has 0 aromatic heterocycles. The minimum absolute atomic E-state index is 0.242. The molecule has 2 aromatic carbocycles. The number of hydrogen-bond donors (Lipinski definition) is 1. The highest BCUT2D eigenvalue weighted by atomic mass is 16.7. The van der Waals surface area contributed by atoms with Gasteiger partial charge in [-0.3, -0.25) is 5.41 Å². The van der Waals surface area contributed by atoms with Crippen LogP contribution in [-0.4, -0.2) is 40.1 Å². The summed E-state index contributed by atoms with van der Waals surface area (Å²) in [6.07, 6.45) is -1.36. The van der Waals surface area contributed by atoms with Gasteiger partial charge in [0, 0.05) is 24.1 Å². The minimum atomic E-state index is -2.23. The van der Waals surface area contributed by atoms with Gasteiger partial charge >= 0.3 is 0 Å². The number of hydrogen-bond acceptors (Lipinski definition) is 10. The zero-order chi connectivity index (χ0) is 26.3. The normalized spacial score (nSPS) is 27.6. The average molecular weight is 489 g/mol. The maximum Gasteiger partial charge on any atom is 0.219 e. The van der Waals surface area contributed by atoms with Gasteiger partial charge in [-0.15, -0.1) is 0 Å². The molecule has 2 aliphatic rings. The van der Waals surface area contributed by atoms with E-state index in [0.29, 0.717) is 22.8 Å². The number of nitrogens with zero attached hydrogens (tertiary/aromatic N) is 3. The summed E-state index contributed by atoms with van der Waals surface area (Å²) in [7, 11) is 5.79. The molecule has 2 fully saturated rings. The highest BCUT2D eigenvalue weighted by Crippen LogP contribution is 2.70. The van der Waals surface area contributed by atoms with E-state index in [4.69, 9.17) is 33.8 Å². The van der Waals surface area contributed by atoms with Gasteiger partial charge in [0.2, 0.25) is 17.1 Å². The lowest BCUT2D eigenvalue weighted by molar-refractivity contribution is -0.254. The van der Waals surface area contributed by atoms with E-state index in [9.17, 15) is 15.8 Å². The molecular weight excluding hydrogens is 464 g/mol. The zero-order valence-electron chi connectivity index (χ0n) is 20.4. The van der Waals surface area contributed by atoms with Crippen molar-refractivity contribution in [2.75, 3.05) is 28.4 Å². The van der Waals surface area contributed by atoms with Crippen molar-refractivity contribution in [2.45, 2.75) is 24.7 Å². The lowest BCUT2D eigenvalue weighted by atomic mass is 9.52. The van der Waals surface area contributed by atoms with E-state index < -0.39 is 34.5 Å². The molecule has 0 spiro atoms. The number of nitriles is 3. The van der Waals surface area contributed by atoms with Gasteiger partial charge in [-0.1, -0.05) is 18.2 Å². The lowest BCUT2D eigenvalue weighted by Crippen LogP contribution is -2.57. The van der Waals surface area contributed by atoms with Crippen LogP contribution in [0.5, 0.6) is 23.0 Å². The van der Waals surface area contributed by atoms with E-state index >= 15 is 0 Å². The van der Waals surface area contributed by atoms with Crippen molar-refractivity contribution in [1.82, 2.24) is 0 Å². The number of rotatable bonds is 6. The number of para-hydroxylation sites is 1. The molecule has 2 saturated heterocycles. The van der Waals surface area contributed by atoms with Crippen LogP contribution in [0, 0.1) is 50.2 Å². The molecule has 1 N–H and O–H groups in total. The van der Waals surface area contributed by atoms with Gasteiger partial charge in [0.1, 0.15) is 17.6 Å². The van der Waals surface area contributed by atoms with Gasteiger partial charge < -0.3 is 28.4 Å². The van der Waals surface area contributed by atoms with Crippen molar-refractivity contribution in [2.24, 2.45) is 10.8 Å². The monoisotopic (exact) mass is 488 g/mol. The maximum absolute atomic E-state index is 10.7. The Kier molecular flexibility index (Phi) is 5.92. The first-order chi connectivity index (χ1) is 17.3. The molecule has 4 unspecified atom stereocenters. The van der Waals surface area contributed by atoms with E-state index in [2.05, 4.69) is 6.07 Å². The van der Waals surface area contributed by atoms with Crippen LogP contribution in [0.25, 0.3) is 0 Å². The molecule has 2 aromatic rings. The van der Waals surface area contributed by atoms with Crippen LogP contribution in [0.15, 0.2) is 36.4 Å². The highest BCUT2D eigenvalue weighted by Gasteiger charge is 2.80. The van der Waals surface area contributed by atoms with Crippen molar-refractivity contribution >= 4 is 5.90 Å². The molecule has 2 aliphatic heterocycles. The van der Waals surface area contributed by atoms with Gasteiger partial charge in [0.15, 0.2) is 16.9 Å². The Hall–Kier alpha value is -4.46. The van der Waals surface area contributed by atoms with Crippen molar-refractivity contribution < 1.29 is 28.4 Å². The highest BCUT2D eigenvalue weighted by molar-refractivity contribution is 5.91. The van der Waals surface area contributed by atoms with Crippen LogP contribution in [0.3, 0.4) is 0 Å². The summed E-state index contributed by atoms with van der Waals surface area (Å²) in [5.41, 5.74) is -3.55. The fourth-order valence-corrected chi connectivity index (χ4v) is 5.39. The molecule has 0 amide bonds. The second-order valence-corrected chi connectivity index (χ2v) is 8.52. The van der Waals surface area contributed by atoms with Crippen molar-refractivity contribution in [3.05, 3.63) is 47.5 Å². The number of ether oxygens (including phenoxy) is 6. The van der Waals surface area contributed by atoms with Gasteiger partial charge in [-0.25, -0.2) is 0 Å². The van der Waals surface area contributed by atoms with E-state index in [0.717, 1.165) is 0 Å². The fraction of sp³-hybridized carbons (Fsp3) is 0.385. The largest absolute Gasteiger partial charge is 0.496 e. The van der Waals surface area contributed by atoms with Crippen molar-refractivity contribution in [3.8, 4) is 41.2 Å². The Balaban J connectivity index is 2.07. The summed E-state index contributed by atoms with van der Waals surface area (Å²) in [4.78, 5) is 0. The van der Waals surface area contributed by atoms with Crippen LogP contribution in [0.2, 0.25) is 0 Å². The predicted octanol–water partition coefficient (Wildman–Crippen LogP) is 3.84. The predicted molar refractivity (Wildman–Crippen MR) is 125 cm³/mol. The molecule has 10 nitrogen and oxygen atoms in total. The van der Waals surface area contributed by atoms with Crippen molar-refractivity contribution in [3.63, 3.8) is 0 Å². The molecule has 0 aliphatic carbocycles. The smallest absolute Gasteiger partial charge is 0.219 e. The zero-order valence-corrected chi connectivity index (χ0v) is 20.4. The lowest BCUT2D eigenvalue weighted by Gasteiger charge is -2.49. The first-order valence-electron chi connectivity index (χ1n) is 10.9. The van der Waals surface area contributed by atoms with Crippen LogP contribution < -0.4 is 18.9 Å². The number of methoxy groups -OCH3 is 4. The van der Waals surface area contributed by atoms with Gasteiger partial charge in [-0.2, -0.15) is 15.8 Å². The van der Waals surface area contributed by atoms with Gasteiger partial charge in [0.25, 0.3) is 0 Å². The Morgan fingerprint density at radius 1 is 0.806 bits per heavy atom. The van der Waals surface area contributed by atoms with Gasteiger partial charge in [-0.05, 0) is 12.1 Å². The fourth-order valence-electron chi connectivity index (χ4n) is 5.39. The summed E-state index contributed by atoms with van der Waals surface area (Å²) in [5, 5.41) is 40.6. The Morgan fingerprint density at radius 3 is 1.94 bits per heavy atom. The first-order valence-corrected chi connectivity index (χ1v) is 10.9. The SMILES string of the molecule is COc1cc(OC)c(C2OC3(C)OC(=N)C(C#N)(C3c3ccccc3OC)C2(C#N)C#N)cc1OC. The molecular formula is C26H24N4O6. The third kappa shape index (κ3) is 2.94. The Bertz CT molecular complexity index is 1340. The van der Waals surface area contributed by atoms with Gasteiger partial charge in [0.05, 0.1) is 52.6 Å². The quantitative estimate of drug-likeness (QED) is 0.639. The van der Waals surface area contributed by atoms with Crippen LogP contribution in [-0.2, 0) is 9.47 Å². The molecule has 36 heavy (non-hydrogen) atoms. The molecule has 4 rings (SSSR count). The van der Waals surface area contributed by atoms with E-state index in [-0.39, 0.29) is 11.3 Å². The second kappa shape index (κ2) is 8.64. The Morgan fingerprint density at radius 2 is 1.39 bits per heavy atom. The molecule has 10 heteroatoms. The van der Waals surface area contributed by atoms with Crippen LogP contribution in [0.4, 0.5) is 0 Å². The second-order valence-electron chi connectivity index (χ2n) is 8.52. The summed E-state index contributed by atoms with van der Waals surface area (Å²) in [6.45, 7) is 1.58. The topological polar surface area (TPSA) is 151 Å². The van der Waals surface area contributed by atoms with Crippen LogP contribution in [0.1, 0.15) is 30.1 Å². The summed E-state index contributed by atoms with van der Waals surface area (Å²) < 4.78 is 34.2. The maximum atomic E-state index is 10.7. The van der Waals surface area contributed by atoms with Crippen LogP contribution >= 0.6 is 0 Å². The average Bonchev–Trinajstić information content (AvgIpc) is 3.09. The third-order valence-electron chi connectivity index (χ3n) is 6.98. The minimum Gasteiger partial charge on any atom is -0.496 e. The van der Waals surface area contributed by atoms with E-state index in [1.807, 2.05) is 12.1 Å². The summed E-state index contributed by atoms with van der Waals surface area (Å²) in [6, 6.07) is 16.2. The Labute approximate surface area is 208 Å². The van der Waals surface area contributed by atoms with Crippen molar-refractivity contribution in [1.29, 1.82) is 21.2 Å². The molecule has 2 bridgehead atoms. The number of nitrogens with one attached hydrogen (secondary N) is 1. The summed E-state index contributed by atoms with van der Waals surface area (Å²) >= 11 is 0. The van der Waals surface area contributed by atoms with E-state index in [1.54, 1.807) is 37.3 Å². The number of benzene rings is 2. The molecule has 0 radical (unpaired) electrons.